The van der Waals surface area contributed by atoms with Crippen LogP contribution in [0.5, 0.6) is 5.75 Å². The molecule has 2 aromatic carbocycles. The molecule has 0 spiro atoms. The first-order valence-corrected chi connectivity index (χ1v) is 19.3. The molecule has 4 rings (SSSR count). The van der Waals surface area contributed by atoms with E-state index in [1.165, 1.54) is 31.4 Å². The number of aromatic nitrogens is 1. The molecule has 57 heavy (non-hydrogen) atoms. The Morgan fingerprint density at radius 2 is 1.77 bits per heavy atom. The summed E-state index contributed by atoms with van der Waals surface area (Å²) >= 11 is 0. The van der Waals surface area contributed by atoms with Crippen LogP contribution in [0, 0.1) is 24.1 Å². The summed E-state index contributed by atoms with van der Waals surface area (Å²) in [5, 5.41) is 19.2. The van der Waals surface area contributed by atoms with Crippen molar-refractivity contribution in [1.82, 2.24) is 35.9 Å². The Hall–Kier alpha value is -5.28. The minimum Gasteiger partial charge on any atom is -0.494 e. The summed E-state index contributed by atoms with van der Waals surface area (Å²) in [6.45, 7) is 10.5. The van der Waals surface area contributed by atoms with Gasteiger partial charge in [-0.3, -0.25) is 20.0 Å². The van der Waals surface area contributed by atoms with E-state index in [1.807, 2.05) is 83.1 Å². The Labute approximate surface area is 335 Å². The molecule has 310 valence electrons. The maximum Gasteiger partial charge on any atom is 0.406 e. The number of alkyl carbamates (subject to hydrolysis) is 1. The quantitative estimate of drug-likeness (QED) is 0.120. The summed E-state index contributed by atoms with van der Waals surface area (Å²) in [5.41, 5.74) is 5.14. The zero-order valence-electron chi connectivity index (χ0n) is 34.1. The van der Waals surface area contributed by atoms with Crippen molar-refractivity contribution in [1.29, 1.82) is 0 Å². The summed E-state index contributed by atoms with van der Waals surface area (Å²) in [4.78, 5) is 61.3. The van der Waals surface area contributed by atoms with Gasteiger partial charge in [0.2, 0.25) is 11.8 Å². The average molecular weight is 792 g/mol. The van der Waals surface area contributed by atoms with Crippen molar-refractivity contribution in [3.8, 4) is 5.75 Å². The van der Waals surface area contributed by atoms with E-state index in [9.17, 15) is 28.7 Å². The Bertz CT molecular complexity index is 1810. The maximum absolute atomic E-state index is 14.8. The van der Waals surface area contributed by atoms with Gasteiger partial charge in [0.05, 0.1) is 38.6 Å². The van der Waals surface area contributed by atoms with Crippen LogP contribution in [0.15, 0.2) is 66.7 Å². The van der Waals surface area contributed by atoms with Crippen LogP contribution in [0.2, 0.25) is 0 Å². The maximum atomic E-state index is 14.8. The second kappa shape index (κ2) is 20.8. The number of hydrogen-bond donors (Lipinski definition) is 4. The van der Waals surface area contributed by atoms with Crippen molar-refractivity contribution < 1.29 is 38.1 Å². The third-order valence-corrected chi connectivity index (χ3v) is 10.1. The van der Waals surface area contributed by atoms with Gasteiger partial charge in [-0.05, 0) is 60.1 Å². The van der Waals surface area contributed by atoms with E-state index in [0.717, 1.165) is 17.0 Å². The van der Waals surface area contributed by atoms with E-state index in [4.69, 9.17) is 4.74 Å². The number of carbonyl (C=O) groups excluding carboxylic acids is 4. The molecule has 1 aliphatic heterocycles. The molecule has 1 aliphatic rings. The van der Waals surface area contributed by atoms with Crippen LogP contribution < -0.4 is 20.8 Å². The molecular formula is C42H58FN7O7. The smallest absolute Gasteiger partial charge is 0.406 e. The number of nitrogens with one attached hydrogen (secondary N) is 3. The second-order valence-corrected chi connectivity index (χ2v) is 15.4. The van der Waals surface area contributed by atoms with Gasteiger partial charge in [0.1, 0.15) is 6.04 Å². The van der Waals surface area contributed by atoms with Gasteiger partial charge in [-0.25, -0.2) is 19.0 Å². The van der Waals surface area contributed by atoms with Crippen molar-refractivity contribution in [2.24, 2.45) is 11.3 Å². The number of nitrogens with zero attached hydrogens (tertiary/aromatic N) is 4. The number of hydrogen-bond acceptors (Lipinski definition) is 9. The van der Waals surface area contributed by atoms with Crippen LogP contribution in [0.25, 0.3) is 0 Å². The fraction of sp³-hybridized carbons (Fsp3) is 0.500. The topological polar surface area (TPSA) is 166 Å². The summed E-state index contributed by atoms with van der Waals surface area (Å²) in [5.74, 6) is -1.56. The molecule has 4 N–H and O–H groups in total. The molecule has 1 saturated heterocycles. The molecule has 4 unspecified atom stereocenters. The summed E-state index contributed by atoms with van der Waals surface area (Å²) < 4.78 is 24.6. The Kier molecular flexibility index (Phi) is 16.2. The van der Waals surface area contributed by atoms with Gasteiger partial charge < -0.3 is 35.0 Å². The van der Waals surface area contributed by atoms with Crippen molar-refractivity contribution in [2.45, 2.75) is 85.2 Å². The summed E-state index contributed by atoms with van der Waals surface area (Å²) in [6.07, 6.45) is -1.02. The number of aryl methyl sites for hydroxylation is 1. The monoisotopic (exact) mass is 791 g/mol. The Morgan fingerprint density at radius 1 is 1.04 bits per heavy atom. The van der Waals surface area contributed by atoms with Gasteiger partial charge >= 0.3 is 12.1 Å². The van der Waals surface area contributed by atoms with Crippen molar-refractivity contribution >= 4 is 23.9 Å². The van der Waals surface area contributed by atoms with Crippen LogP contribution >= 0.6 is 0 Å². The molecular weight excluding hydrogens is 734 g/mol. The highest BCUT2D eigenvalue weighted by molar-refractivity contribution is 5.88. The van der Waals surface area contributed by atoms with Crippen molar-refractivity contribution in [3.05, 3.63) is 95.1 Å². The highest BCUT2D eigenvalue weighted by Crippen LogP contribution is 2.24. The Morgan fingerprint density at radius 3 is 2.42 bits per heavy atom. The number of methoxy groups -OCH3 is 2. The van der Waals surface area contributed by atoms with E-state index in [1.54, 1.807) is 15.9 Å². The third kappa shape index (κ3) is 13.1. The van der Waals surface area contributed by atoms with E-state index in [2.05, 4.69) is 25.8 Å². The highest BCUT2D eigenvalue weighted by atomic mass is 19.1. The third-order valence-electron chi connectivity index (χ3n) is 10.1. The molecule has 1 fully saturated rings. The molecule has 0 bridgehead atoms. The molecule has 15 heteroatoms. The number of aliphatic hydroxyl groups is 1. The summed E-state index contributed by atoms with van der Waals surface area (Å²) in [6, 6.07) is 17.5. The first-order valence-electron chi connectivity index (χ1n) is 19.3. The molecule has 1 aromatic heterocycles. The predicted octanol–water partition coefficient (Wildman–Crippen LogP) is 4.58. The highest BCUT2D eigenvalue weighted by Gasteiger charge is 2.41. The lowest BCUT2D eigenvalue weighted by Gasteiger charge is -2.35. The molecule has 0 radical (unpaired) electrons. The number of hydrazine groups is 1. The van der Waals surface area contributed by atoms with Gasteiger partial charge in [0.15, 0.2) is 11.6 Å². The number of urea groups is 1. The van der Waals surface area contributed by atoms with Crippen LogP contribution in [0.3, 0.4) is 0 Å². The van der Waals surface area contributed by atoms with Gasteiger partial charge in [0.25, 0.3) is 0 Å². The number of ether oxygens (including phenoxy) is 2. The molecule has 5 amide bonds. The van der Waals surface area contributed by atoms with Gasteiger partial charge in [-0.1, -0.05) is 76.6 Å². The zero-order chi connectivity index (χ0) is 41.7. The number of rotatable bonds is 20. The van der Waals surface area contributed by atoms with Gasteiger partial charge in [-0.2, -0.15) is 0 Å². The largest absolute Gasteiger partial charge is 0.494 e. The normalized spacial score (nSPS) is 15.2. The second-order valence-electron chi connectivity index (χ2n) is 15.4. The summed E-state index contributed by atoms with van der Waals surface area (Å²) in [7, 11) is 2.62. The van der Waals surface area contributed by atoms with E-state index in [-0.39, 0.29) is 50.2 Å². The molecule has 0 aliphatic carbocycles. The first-order chi connectivity index (χ1) is 27.1. The lowest BCUT2D eigenvalue weighted by Crippen LogP contribution is -2.58. The van der Waals surface area contributed by atoms with Crippen molar-refractivity contribution in [3.63, 3.8) is 0 Å². The Balaban J connectivity index is 1.58. The van der Waals surface area contributed by atoms with Crippen LogP contribution in [0.1, 0.15) is 63.1 Å². The number of carbonyl (C=O) groups is 4. The predicted molar refractivity (Wildman–Crippen MR) is 213 cm³/mol. The SMILES string of the molecule is CCC(C)C(C(=O)NC(Cc1ccccc1)C(O)CN(Cc1ccc(OC)c(F)c1)NC(=O)CC(C)(C)CNC(=O)OC)N1CCN(Cc2cccc(C)n2)C1=O. The van der Waals surface area contributed by atoms with E-state index < -0.39 is 47.3 Å². The first kappa shape index (κ1) is 44.4. The fourth-order valence-corrected chi connectivity index (χ4v) is 6.87. The number of aliphatic hydroxyl groups excluding tert-OH is 1. The van der Waals surface area contributed by atoms with Gasteiger partial charge in [-0.15, -0.1) is 0 Å². The lowest BCUT2D eigenvalue weighted by atomic mass is 9.89. The number of benzene rings is 2. The van der Waals surface area contributed by atoms with E-state index in [0.29, 0.717) is 31.6 Å². The average Bonchev–Trinajstić information content (AvgIpc) is 3.51. The van der Waals surface area contributed by atoms with Crippen LogP contribution in [0.4, 0.5) is 14.0 Å². The van der Waals surface area contributed by atoms with Crippen LogP contribution in [-0.4, -0.2) is 107 Å². The molecule has 14 nitrogen and oxygen atoms in total. The standard InChI is InChI=1S/C42H58FN7O7/c1-8-28(2)38(50-20-19-48(41(50)55)25-32-16-12-13-29(3)45-32)39(53)46-34(22-30-14-10-9-11-15-30)35(51)26-49(24-31-17-18-36(56-6)33(43)21-31)47-37(52)23-42(4,5)27-44-40(54)57-7/h9-18,21,28,34-35,38,51H,8,19-20,22-27H2,1-7H3,(H,44,54)(H,46,53)(H,47,52). The minimum absolute atomic E-state index is 0.0000387. The molecule has 4 atom stereocenters. The molecule has 2 heterocycles. The van der Waals surface area contributed by atoms with Crippen LogP contribution in [-0.2, 0) is 33.8 Å². The lowest BCUT2D eigenvalue weighted by molar-refractivity contribution is -0.131. The molecule has 3 aromatic rings. The fourth-order valence-electron chi connectivity index (χ4n) is 6.87. The molecule has 0 saturated carbocycles. The number of halogens is 1. The van der Waals surface area contributed by atoms with E-state index >= 15 is 0 Å². The number of amides is 5. The minimum atomic E-state index is -1.25. The van der Waals surface area contributed by atoms with Gasteiger partial charge in [0, 0.05) is 44.8 Å². The van der Waals surface area contributed by atoms with Crippen molar-refractivity contribution in [2.75, 3.05) is 40.4 Å². The number of pyridine rings is 1. The zero-order valence-corrected chi connectivity index (χ0v) is 34.1.